The van der Waals surface area contributed by atoms with Crippen molar-refractivity contribution in [2.24, 2.45) is 0 Å². The molecule has 11 nitrogen and oxygen atoms in total. The van der Waals surface area contributed by atoms with E-state index >= 15 is 0 Å². The maximum absolute atomic E-state index is 12.3. The van der Waals surface area contributed by atoms with Crippen LogP contribution in [0.1, 0.15) is 20.7 Å². The van der Waals surface area contributed by atoms with Crippen molar-refractivity contribution in [3.63, 3.8) is 0 Å². The maximum atomic E-state index is 12.3. The Balaban J connectivity index is 2.06. The zero-order valence-electron chi connectivity index (χ0n) is 17.3. The van der Waals surface area contributed by atoms with Crippen LogP contribution in [0.2, 0.25) is 0 Å². The van der Waals surface area contributed by atoms with Gasteiger partial charge in [0.25, 0.3) is 17.5 Å². The van der Waals surface area contributed by atoms with E-state index < -0.39 is 29.1 Å². The Kier molecular flexibility index (Phi) is 7.50. The molecule has 0 unspecified atom stereocenters. The number of rotatable bonds is 8. The average Bonchev–Trinajstić information content (AvgIpc) is 2.76. The van der Waals surface area contributed by atoms with Crippen molar-refractivity contribution in [2.75, 3.05) is 40.2 Å². The van der Waals surface area contributed by atoms with Crippen LogP contribution < -0.4 is 14.8 Å². The zero-order valence-corrected chi connectivity index (χ0v) is 17.3. The summed E-state index contributed by atoms with van der Waals surface area (Å²) in [5.41, 5.74) is -0.116. The number of nitrogens with one attached hydrogen (secondary N) is 1. The number of benzene rings is 2. The summed E-state index contributed by atoms with van der Waals surface area (Å²) >= 11 is 0. The Morgan fingerprint density at radius 1 is 1.03 bits per heavy atom. The number of nitro groups is 1. The molecule has 2 aromatic rings. The number of carbonyl (C=O) groups excluding carboxylic acids is 3. The third-order valence-corrected chi connectivity index (χ3v) is 4.07. The van der Waals surface area contributed by atoms with Crippen LogP contribution >= 0.6 is 0 Å². The smallest absolute Gasteiger partial charge is 0.345 e. The summed E-state index contributed by atoms with van der Waals surface area (Å²) in [6, 6.07) is 8.27. The lowest BCUT2D eigenvalue weighted by Gasteiger charge is -2.11. The largest absolute Gasteiger partial charge is 0.493 e. The summed E-state index contributed by atoms with van der Waals surface area (Å²) in [6.45, 7) is -0.678. The highest BCUT2D eigenvalue weighted by atomic mass is 16.6. The molecular weight excluding hydrogens is 410 g/mol. The molecule has 0 aliphatic carbocycles. The van der Waals surface area contributed by atoms with Crippen LogP contribution in [-0.4, -0.2) is 62.5 Å². The molecule has 0 saturated carbocycles. The van der Waals surface area contributed by atoms with Gasteiger partial charge >= 0.3 is 5.97 Å². The normalized spacial score (nSPS) is 10.1. The van der Waals surface area contributed by atoms with Crippen LogP contribution in [0.15, 0.2) is 36.4 Å². The summed E-state index contributed by atoms with van der Waals surface area (Å²) < 4.78 is 14.9. The standard InChI is InChI=1S/C20H21N3O8/c1-22(2)19(25)12-5-7-13(8-6-12)21-18(24)11-31-20(26)14-9-16(29-3)17(30-4)10-15(14)23(27)28/h5-10H,11H2,1-4H3,(H,21,24). The number of hydrogen-bond acceptors (Lipinski definition) is 8. The van der Waals surface area contributed by atoms with E-state index in [1.807, 2.05) is 0 Å². The van der Waals surface area contributed by atoms with E-state index in [1.165, 1.54) is 43.4 Å². The number of anilines is 1. The van der Waals surface area contributed by atoms with Gasteiger partial charge < -0.3 is 24.4 Å². The third kappa shape index (κ3) is 5.69. The van der Waals surface area contributed by atoms with E-state index in [4.69, 9.17) is 14.2 Å². The predicted molar refractivity (Wildman–Crippen MR) is 110 cm³/mol. The van der Waals surface area contributed by atoms with Crippen molar-refractivity contribution in [2.45, 2.75) is 0 Å². The van der Waals surface area contributed by atoms with Crippen LogP contribution in [0.4, 0.5) is 11.4 Å². The van der Waals surface area contributed by atoms with Crippen LogP contribution in [0.25, 0.3) is 0 Å². The van der Waals surface area contributed by atoms with Crippen molar-refractivity contribution in [1.29, 1.82) is 0 Å². The van der Waals surface area contributed by atoms with Gasteiger partial charge in [0.1, 0.15) is 5.56 Å². The molecule has 2 amide bonds. The van der Waals surface area contributed by atoms with Gasteiger partial charge in [-0.2, -0.15) is 0 Å². The number of ether oxygens (including phenoxy) is 3. The molecule has 164 valence electrons. The second-order valence-electron chi connectivity index (χ2n) is 6.38. The first kappa shape index (κ1) is 23.1. The van der Waals surface area contributed by atoms with Crippen LogP contribution in [0, 0.1) is 10.1 Å². The highest BCUT2D eigenvalue weighted by Crippen LogP contribution is 2.34. The van der Waals surface area contributed by atoms with Gasteiger partial charge in [-0.1, -0.05) is 0 Å². The van der Waals surface area contributed by atoms with Gasteiger partial charge in [0, 0.05) is 31.4 Å². The van der Waals surface area contributed by atoms with Crippen molar-refractivity contribution in [3.05, 3.63) is 57.6 Å². The molecule has 0 heterocycles. The molecule has 31 heavy (non-hydrogen) atoms. The minimum absolute atomic E-state index is 0.0692. The number of esters is 1. The molecule has 0 aromatic heterocycles. The predicted octanol–water partition coefficient (Wildman–Crippen LogP) is 2.11. The Morgan fingerprint density at radius 3 is 2.13 bits per heavy atom. The minimum Gasteiger partial charge on any atom is -0.493 e. The van der Waals surface area contributed by atoms with Gasteiger partial charge in [-0.05, 0) is 24.3 Å². The van der Waals surface area contributed by atoms with E-state index in [9.17, 15) is 24.5 Å². The number of hydrogen-bond donors (Lipinski definition) is 1. The second kappa shape index (κ2) is 10.1. The van der Waals surface area contributed by atoms with Gasteiger partial charge in [0.05, 0.1) is 25.2 Å². The van der Waals surface area contributed by atoms with Crippen LogP contribution in [-0.2, 0) is 9.53 Å². The van der Waals surface area contributed by atoms with Crippen LogP contribution in [0.5, 0.6) is 11.5 Å². The fourth-order valence-corrected chi connectivity index (χ4v) is 2.54. The maximum Gasteiger partial charge on any atom is 0.345 e. The molecule has 2 aromatic carbocycles. The first-order chi connectivity index (χ1) is 14.7. The summed E-state index contributed by atoms with van der Waals surface area (Å²) in [6.07, 6.45) is 0. The molecule has 0 aliphatic rings. The number of nitrogens with zero attached hydrogens (tertiary/aromatic N) is 2. The second-order valence-corrected chi connectivity index (χ2v) is 6.38. The highest BCUT2D eigenvalue weighted by molar-refractivity contribution is 5.98. The van der Waals surface area contributed by atoms with Gasteiger partial charge in [-0.15, -0.1) is 0 Å². The molecular formula is C20H21N3O8. The molecule has 0 saturated heterocycles. The molecule has 0 bridgehead atoms. The topological polar surface area (TPSA) is 137 Å². The van der Waals surface area contributed by atoms with Crippen molar-refractivity contribution < 1.29 is 33.5 Å². The first-order valence-corrected chi connectivity index (χ1v) is 8.87. The molecule has 0 fully saturated rings. The number of amides is 2. The van der Waals surface area contributed by atoms with E-state index in [0.29, 0.717) is 11.3 Å². The van der Waals surface area contributed by atoms with Gasteiger partial charge in [0.2, 0.25) is 0 Å². The molecule has 11 heteroatoms. The lowest BCUT2D eigenvalue weighted by Crippen LogP contribution is -2.22. The summed E-state index contributed by atoms with van der Waals surface area (Å²) in [4.78, 5) is 48.2. The Hall–Kier alpha value is -4.15. The van der Waals surface area contributed by atoms with Crippen molar-refractivity contribution >= 4 is 29.2 Å². The van der Waals surface area contributed by atoms with E-state index in [0.717, 1.165) is 12.1 Å². The Morgan fingerprint density at radius 2 is 1.61 bits per heavy atom. The first-order valence-electron chi connectivity index (χ1n) is 8.87. The molecule has 1 N–H and O–H groups in total. The molecule has 0 radical (unpaired) electrons. The molecule has 0 atom stereocenters. The number of carbonyl (C=O) groups is 3. The van der Waals surface area contributed by atoms with Gasteiger partial charge in [0.15, 0.2) is 18.1 Å². The molecule has 2 rings (SSSR count). The quantitative estimate of drug-likeness (QED) is 0.381. The average molecular weight is 431 g/mol. The number of methoxy groups -OCH3 is 2. The Bertz CT molecular complexity index is 1000. The van der Waals surface area contributed by atoms with E-state index in [1.54, 1.807) is 14.1 Å². The third-order valence-electron chi connectivity index (χ3n) is 4.07. The summed E-state index contributed by atoms with van der Waals surface area (Å²) in [5.74, 6) is -1.77. The number of nitro benzene ring substituents is 1. The Labute approximate surface area is 177 Å². The summed E-state index contributed by atoms with van der Waals surface area (Å²) in [5, 5.41) is 13.8. The fraction of sp³-hybridized carbons (Fsp3) is 0.250. The monoisotopic (exact) mass is 431 g/mol. The van der Waals surface area contributed by atoms with Crippen molar-refractivity contribution in [3.8, 4) is 11.5 Å². The summed E-state index contributed by atoms with van der Waals surface area (Å²) in [7, 11) is 5.85. The zero-order chi connectivity index (χ0) is 23.1. The highest BCUT2D eigenvalue weighted by Gasteiger charge is 2.26. The fourth-order valence-electron chi connectivity index (χ4n) is 2.54. The molecule has 0 spiro atoms. The van der Waals surface area contributed by atoms with E-state index in [-0.39, 0.29) is 23.0 Å². The van der Waals surface area contributed by atoms with Gasteiger partial charge in [-0.25, -0.2) is 4.79 Å². The van der Waals surface area contributed by atoms with Crippen molar-refractivity contribution in [1.82, 2.24) is 4.90 Å². The minimum atomic E-state index is -1.07. The van der Waals surface area contributed by atoms with Crippen LogP contribution in [0.3, 0.4) is 0 Å². The van der Waals surface area contributed by atoms with E-state index in [2.05, 4.69) is 5.32 Å². The van der Waals surface area contributed by atoms with Gasteiger partial charge in [-0.3, -0.25) is 19.7 Å². The lowest BCUT2D eigenvalue weighted by molar-refractivity contribution is -0.385. The molecule has 0 aliphatic heterocycles. The lowest BCUT2D eigenvalue weighted by atomic mass is 10.1. The SMILES string of the molecule is COc1cc(C(=O)OCC(=O)Nc2ccc(C(=O)N(C)C)cc2)c([N+](=O)[O-])cc1OC.